The predicted molar refractivity (Wildman–Crippen MR) is 130 cm³/mol. The lowest BCUT2D eigenvalue weighted by molar-refractivity contribution is 1.22. The molecule has 3 aromatic carbocycles. The molecule has 146 valence electrons. The maximum atomic E-state index is 2.51. The van der Waals surface area contributed by atoms with Crippen LogP contribution < -0.4 is 10.4 Å². The van der Waals surface area contributed by atoms with Crippen LogP contribution in [-0.2, 0) is 0 Å². The van der Waals surface area contributed by atoms with E-state index in [4.69, 9.17) is 0 Å². The van der Waals surface area contributed by atoms with E-state index in [2.05, 4.69) is 107 Å². The van der Waals surface area contributed by atoms with E-state index in [-0.39, 0.29) is 0 Å². The number of hydrogen-bond acceptors (Lipinski definition) is 0. The molecule has 0 aliphatic heterocycles. The Morgan fingerprint density at radius 1 is 0.621 bits per heavy atom. The molecular formula is C28H30Si. The van der Waals surface area contributed by atoms with Gasteiger partial charge >= 0.3 is 0 Å². The Kier molecular flexibility index (Phi) is 5.43. The van der Waals surface area contributed by atoms with Gasteiger partial charge in [-0.2, -0.15) is 0 Å². The van der Waals surface area contributed by atoms with Crippen molar-refractivity contribution in [3.8, 4) is 0 Å². The minimum atomic E-state index is -1.50. The molecule has 0 saturated carbocycles. The first-order valence-electron chi connectivity index (χ1n) is 10.5. The Morgan fingerprint density at radius 3 is 1.59 bits per heavy atom. The highest BCUT2D eigenvalue weighted by Crippen LogP contribution is 2.33. The Labute approximate surface area is 177 Å². The minimum absolute atomic E-state index is 1.10. The maximum Gasteiger partial charge on any atom is 0.128 e. The second-order valence-electron chi connectivity index (χ2n) is 8.73. The van der Waals surface area contributed by atoms with E-state index >= 15 is 0 Å². The number of benzene rings is 3. The van der Waals surface area contributed by atoms with Crippen molar-refractivity contribution in [2.24, 2.45) is 0 Å². The zero-order valence-corrected chi connectivity index (χ0v) is 19.4. The highest BCUT2D eigenvalue weighted by molar-refractivity contribution is 6.91. The SMILES string of the molecule is CC1=C(c2ccccc2)C=C([SiH](c2cc(C)cc(C)c2)c2cc(C)cc(C)c2)C1. The molecular weight excluding hydrogens is 364 g/mol. The lowest BCUT2D eigenvalue weighted by Crippen LogP contribution is -2.44. The largest absolute Gasteiger partial charge is 0.128 e. The van der Waals surface area contributed by atoms with Crippen molar-refractivity contribution in [2.45, 2.75) is 41.0 Å². The van der Waals surface area contributed by atoms with E-state index < -0.39 is 8.80 Å². The van der Waals surface area contributed by atoms with Crippen molar-refractivity contribution in [1.29, 1.82) is 0 Å². The van der Waals surface area contributed by atoms with E-state index in [0.29, 0.717) is 0 Å². The van der Waals surface area contributed by atoms with Crippen LogP contribution in [0.25, 0.3) is 5.57 Å². The van der Waals surface area contributed by atoms with Gasteiger partial charge in [-0.3, -0.25) is 0 Å². The summed E-state index contributed by atoms with van der Waals surface area (Å²) >= 11 is 0. The van der Waals surface area contributed by atoms with Gasteiger partial charge in [0.25, 0.3) is 0 Å². The fraction of sp³-hybridized carbons (Fsp3) is 0.214. The Balaban J connectivity index is 1.85. The second-order valence-corrected chi connectivity index (χ2v) is 11.7. The first-order valence-corrected chi connectivity index (χ1v) is 12.3. The van der Waals surface area contributed by atoms with Crippen molar-refractivity contribution in [3.05, 3.63) is 111 Å². The van der Waals surface area contributed by atoms with Crippen molar-refractivity contribution in [2.75, 3.05) is 0 Å². The molecule has 1 aliphatic carbocycles. The molecule has 0 amide bonds. The summed E-state index contributed by atoms with van der Waals surface area (Å²) in [4.78, 5) is 0. The molecule has 0 N–H and O–H groups in total. The number of aryl methyl sites for hydroxylation is 4. The summed E-state index contributed by atoms with van der Waals surface area (Å²) < 4.78 is 0. The molecule has 0 unspecified atom stereocenters. The first-order chi connectivity index (χ1) is 13.9. The molecule has 3 aromatic rings. The summed E-state index contributed by atoms with van der Waals surface area (Å²) in [5.41, 5.74) is 9.74. The summed E-state index contributed by atoms with van der Waals surface area (Å²) in [5.74, 6) is 0. The Hall–Kier alpha value is -2.64. The normalized spacial score (nSPS) is 13.9. The fourth-order valence-electron chi connectivity index (χ4n) is 4.87. The molecule has 0 radical (unpaired) electrons. The summed E-state index contributed by atoms with van der Waals surface area (Å²) in [6, 6.07) is 25.2. The van der Waals surface area contributed by atoms with Gasteiger partial charge in [0.05, 0.1) is 0 Å². The minimum Gasteiger partial charge on any atom is -0.0697 e. The zero-order valence-electron chi connectivity index (χ0n) is 18.2. The number of rotatable bonds is 4. The Morgan fingerprint density at radius 2 is 1.10 bits per heavy atom. The topological polar surface area (TPSA) is 0 Å². The van der Waals surface area contributed by atoms with Crippen LogP contribution >= 0.6 is 0 Å². The van der Waals surface area contributed by atoms with Gasteiger partial charge in [0.2, 0.25) is 0 Å². The van der Waals surface area contributed by atoms with E-state index in [1.165, 1.54) is 39.0 Å². The van der Waals surface area contributed by atoms with Crippen LogP contribution in [0.3, 0.4) is 0 Å². The average Bonchev–Trinajstić information content (AvgIpc) is 3.02. The third kappa shape index (κ3) is 4.20. The van der Waals surface area contributed by atoms with Crippen molar-refractivity contribution in [1.82, 2.24) is 0 Å². The molecule has 0 bridgehead atoms. The zero-order chi connectivity index (χ0) is 20.5. The van der Waals surface area contributed by atoms with E-state index in [9.17, 15) is 0 Å². The van der Waals surface area contributed by atoms with Gasteiger partial charge in [0.15, 0.2) is 0 Å². The highest BCUT2D eigenvalue weighted by Gasteiger charge is 2.26. The molecule has 1 heteroatoms. The smallest absolute Gasteiger partial charge is 0.0697 e. The Bertz CT molecular complexity index is 1020. The number of allylic oxidation sites excluding steroid dienone is 4. The molecule has 0 fully saturated rings. The number of hydrogen-bond donors (Lipinski definition) is 0. The second kappa shape index (κ2) is 8.00. The lowest BCUT2D eigenvalue weighted by atomic mass is 10.0. The van der Waals surface area contributed by atoms with Gasteiger partial charge in [-0.05, 0) is 52.2 Å². The van der Waals surface area contributed by atoms with Crippen LogP contribution in [0.15, 0.2) is 83.6 Å². The molecule has 0 spiro atoms. The summed E-state index contributed by atoms with van der Waals surface area (Å²) in [6.45, 7) is 11.2. The van der Waals surface area contributed by atoms with Crippen molar-refractivity contribution < 1.29 is 0 Å². The lowest BCUT2D eigenvalue weighted by Gasteiger charge is -2.21. The molecule has 0 heterocycles. The molecule has 4 rings (SSSR count). The van der Waals surface area contributed by atoms with Gasteiger partial charge in [-0.25, -0.2) is 0 Å². The third-order valence-electron chi connectivity index (χ3n) is 5.87. The van der Waals surface area contributed by atoms with E-state index in [1.807, 2.05) is 0 Å². The first kappa shape index (κ1) is 19.7. The van der Waals surface area contributed by atoms with Crippen LogP contribution in [0.4, 0.5) is 0 Å². The monoisotopic (exact) mass is 394 g/mol. The van der Waals surface area contributed by atoms with Crippen LogP contribution in [-0.4, -0.2) is 8.80 Å². The predicted octanol–water partition coefficient (Wildman–Crippen LogP) is 5.60. The quantitative estimate of drug-likeness (QED) is 0.505. The standard InChI is InChI=1S/C28H30Si/c1-19-11-20(2)14-25(13-19)29(26-15-21(3)12-22(4)16-26)27-17-23(5)28(18-27)24-9-7-6-8-10-24/h6-16,18,29H,17H2,1-5H3. The van der Waals surface area contributed by atoms with Crippen LogP contribution in [0, 0.1) is 27.7 Å². The molecule has 0 atom stereocenters. The van der Waals surface area contributed by atoms with Gasteiger partial charge in [0, 0.05) is 0 Å². The molecule has 0 nitrogen and oxygen atoms in total. The van der Waals surface area contributed by atoms with Gasteiger partial charge in [0.1, 0.15) is 8.80 Å². The van der Waals surface area contributed by atoms with Crippen molar-refractivity contribution in [3.63, 3.8) is 0 Å². The van der Waals surface area contributed by atoms with Crippen molar-refractivity contribution >= 4 is 24.7 Å². The molecule has 0 saturated heterocycles. The van der Waals surface area contributed by atoms with E-state index in [0.717, 1.165) is 6.42 Å². The van der Waals surface area contributed by atoms with Crippen LogP contribution in [0.2, 0.25) is 0 Å². The summed E-state index contributed by atoms with van der Waals surface area (Å²) in [5, 5.41) is 4.72. The molecule has 1 aliphatic rings. The molecule has 0 aromatic heterocycles. The van der Waals surface area contributed by atoms with Gasteiger partial charge < -0.3 is 0 Å². The summed E-state index contributed by atoms with van der Waals surface area (Å²) in [7, 11) is -1.50. The van der Waals surface area contributed by atoms with Gasteiger partial charge in [-0.15, -0.1) is 0 Å². The van der Waals surface area contributed by atoms with Gasteiger partial charge in [-0.1, -0.05) is 116 Å². The fourth-order valence-corrected chi connectivity index (χ4v) is 8.67. The molecule has 29 heavy (non-hydrogen) atoms. The van der Waals surface area contributed by atoms with E-state index in [1.54, 1.807) is 15.6 Å². The van der Waals surface area contributed by atoms with Crippen LogP contribution in [0.1, 0.15) is 41.2 Å². The summed E-state index contributed by atoms with van der Waals surface area (Å²) in [6.07, 6.45) is 3.61. The maximum absolute atomic E-state index is 2.51. The third-order valence-corrected chi connectivity index (χ3v) is 8.98. The average molecular weight is 395 g/mol. The van der Waals surface area contributed by atoms with Crippen LogP contribution in [0.5, 0.6) is 0 Å². The highest BCUT2D eigenvalue weighted by atomic mass is 28.3.